The maximum atomic E-state index is 6.07. The topological polar surface area (TPSA) is 35.2 Å². The Hall–Kier alpha value is -1.80. The fourth-order valence-electron chi connectivity index (χ4n) is 2.11. The number of nitrogens with two attached hydrogens (primary N) is 1. The summed E-state index contributed by atoms with van der Waals surface area (Å²) in [4.78, 5) is 0. The van der Waals surface area contributed by atoms with Crippen LogP contribution in [0.4, 0.5) is 0 Å². The van der Waals surface area contributed by atoms with Crippen molar-refractivity contribution >= 4 is 0 Å². The van der Waals surface area contributed by atoms with Gasteiger partial charge in [-0.2, -0.15) is 0 Å². The SMILES string of the molecule is Cc1ccc(OC(C)c2ccccc2)c([C@@H](C)N)c1. The maximum Gasteiger partial charge on any atom is 0.124 e. The van der Waals surface area contributed by atoms with E-state index in [1.165, 1.54) is 11.1 Å². The Morgan fingerprint density at radius 2 is 1.68 bits per heavy atom. The minimum absolute atomic E-state index is 0.0152. The van der Waals surface area contributed by atoms with E-state index in [1.807, 2.05) is 31.2 Å². The van der Waals surface area contributed by atoms with Crippen LogP contribution in [0.2, 0.25) is 0 Å². The largest absolute Gasteiger partial charge is 0.486 e. The van der Waals surface area contributed by atoms with Gasteiger partial charge in [-0.3, -0.25) is 0 Å². The van der Waals surface area contributed by atoms with Crippen molar-refractivity contribution in [1.29, 1.82) is 0 Å². The first-order chi connectivity index (χ1) is 9.08. The van der Waals surface area contributed by atoms with Crippen LogP contribution in [0.25, 0.3) is 0 Å². The molecule has 0 aromatic heterocycles. The molecule has 0 saturated carbocycles. The summed E-state index contributed by atoms with van der Waals surface area (Å²) in [6, 6.07) is 16.3. The van der Waals surface area contributed by atoms with Crippen LogP contribution in [0.5, 0.6) is 5.75 Å². The Balaban J connectivity index is 2.24. The van der Waals surface area contributed by atoms with Crippen molar-refractivity contribution in [3.05, 3.63) is 65.2 Å². The van der Waals surface area contributed by atoms with Crippen molar-refractivity contribution in [1.82, 2.24) is 0 Å². The summed E-state index contributed by atoms with van der Waals surface area (Å²) in [7, 11) is 0. The van der Waals surface area contributed by atoms with Crippen LogP contribution < -0.4 is 10.5 Å². The molecule has 0 fully saturated rings. The van der Waals surface area contributed by atoms with Crippen LogP contribution in [0.15, 0.2) is 48.5 Å². The van der Waals surface area contributed by atoms with E-state index in [9.17, 15) is 0 Å². The number of aryl methyl sites for hydroxylation is 1. The number of rotatable bonds is 4. The maximum absolute atomic E-state index is 6.07. The van der Waals surface area contributed by atoms with Gasteiger partial charge in [0.1, 0.15) is 11.9 Å². The van der Waals surface area contributed by atoms with Gasteiger partial charge in [-0.05, 0) is 32.4 Å². The number of ether oxygens (including phenoxy) is 1. The lowest BCUT2D eigenvalue weighted by atomic mass is 10.0. The molecule has 2 rings (SSSR count). The summed E-state index contributed by atoms with van der Waals surface area (Å²) in [5.74, 6) is 0.872. The standard InChI is InChI=1S/C17H21NO/c1-12-9-10-17(16(11-12)13(2)18)19-14(3)15-7-5-4-6-8-15/h4-11,13-14H,18H2,1-3H3/t13-,14?/m1/s1. The molecule has 0 radical (unpaired) electrons. The van der Waals surface area contributed by atoms with E-state index in [-0.39, 0.29) is 12.1 Å². The van der Waals surface area contributed by atoms with E-state index in [0.717, 1.165) is 11.3 Å². The summed E-state index contributed by atoms with van der Waals surface area (Å²) in [5.41, 5.74) is 9.44. The van der Waals surface area contributed by atoms with Gasteiger partial charge in [-0.25, -0.2) is 0 Å². The van der Waals surface area contributed by atoms with Gasteiger partial charge >= 0.3 is 0 Å². The lowest BCUT2D eigenvalue weighted by Crippen LogP contribution is -2.10. The Morgan fingerprint density at radius 1 is 1.00 bits per heavy atom. The summed E-state index contributed by atoms with van der Waals surface area (Å²) < 4.78 is 6.07. The number of hydrogen-bond donors (Lipinski definition) is 1. The minimum atomic E-state index is -0.0297. The predicted molar refractivity (Wildman–Crippen MR) is 79.3 cm³/mol. The molecule has 2 N–H and O–H groups in total. The molecule has 0 aliphatic rings. The highest BCUT2D eigenvalue weighted by Gasteiger charge is 2.12. The van der Waals surface area contributed by atoms with Gasteiger partial charge < -0.3 is 10.5 Å². The van der Waals surface area contributed by atoms with Gasteiger partial charge in [-0.1, -0.05) is 48.0 Å². The second-order valence-corrected chi connectivity index (χ2v) is 5.00. The summed E-state index contributed by atoms with van der Waals surface area (Å²) in [5, 5.41) is 0. The molecular formula is C17H21NO. The van der Waals surface area contributed by atoms with Crippen LogP contribution in [0.3, 0.4) is 0 Å². The Kier molecular flexibility index (Phi) is 4.23. The Labute approximate surface area is 115 Å². The average Bonchev–Trinajstić information content (AvgIpc) is 2.41. The molecule has 2 heteroatoms. The lowest BCUT2D eigenvalue weighted by Gasteiger charge is -2.19. The second kappa shape index (κ2) is 5.89. The van der Waals surface area contributed by atoms with Crippen LogP contribution >= 0.6 is 0 Å². The molecule has 19 heavy (non-hydrogen) atoms. The quantitative estimate of drug-likeness (QED) is 0.890. The fraction of sp³-hybridized carbons (Fsp3) is 0.294. The zero-order valence-corrected chi connectivity index (χ0v) is 11.8. The molecule has 2 aromatic rings. The third kappa shape index (κ3) is 3.36. The molecule has 2 aromatic carbocycles. The normalized spacial score (nSPS) is 13.9. The smallest absolute Gasteiger partial charge is 0.124 e. The minimum Gasteiger partial charge on any atom is -0.486 e. The van der Waals surface area contributed by atoms with Gasteiger partial charge in [0.15, 0.2) is 0 Å². The van der Waals surface area contributed by atoms with E-state index in [1.54, 1.807) is 0 Å². The van der Waals surface area contributed by atoms with Gasteiger partial charge in [0.05, 0.1) is 0 Å². The third-order valence-corrected chi connectivity index (χ3v) is 3.23. The highest BCUT2D eigenvalue weighted by Crippen LogP contribution is 2.29. The molecule has 0 spiro atoms. The van der Waals surface area contributed by atoms with Crippen molar-refractivity contribution in [3.8, 4) is 5.75 Å². The molecule has 2 atom stereocenters. The van der Waals surface area contributed by atoms with E-state index < -0.39 is 0 Å². The van der Waals surface area contributed by atoms with Gasteiger partial charge in [0.25, 0.3) is 0 Å². The molecule has 0 aliphatic carbocycles. The van der Waals surface area contributed by atoms with E-state index in [2.05, 4.69) is 38.1 Å². The Bertz CT molecular complexity index is 534. The van der Waals surface area contributed by atoms with Crippen molar-refractivity contribution in [2.24, 2.45) is 5.73 Å². The molecule has 0 saturated heterocycles. The van der Waals surface area contributed by atoms with Crippen LogP contribution in [0.1, 0.15) is 42.7 Å². The van der Waals surface area contributed by atoms with E-state index in [0.29, 0.717) is 0 Å². The molecule has 100 valence electrons. The van der Waals surface area contributed by atoms with Crippen molar-refractivity contribution in [2.75, 3.05) is 0 Å². The first kappa shape index (κ1) is 13.6. The summed E-state index contributed by atoms with van der Waals surface area (Å²) in [6.07, 6.45) is 0.0152. The average molecular weight is 255 g/mol. The summed E-state index contributed by atoms with van der Waals surface area (Å²) >= 11 is 0. The van der Waals surface area contributed by atoms with Gasteiger partial charge in [0.2, 0.25) is 0 Å². The van der Waals surface area contributed by atoms with Crippen molar-refractivity contribution < 1.29 is 4.74 Å². The number of benzene rings is 2. The zero-order chi connectivity index (χ0) is 13.8. The third-order valence-electron chi connectivity index (χ3n) is 3.23. The lowest BCUT2D eigenvalue weighted by molar-refractivity contribution is 0.223. The van der Waals surface area contributed by atoms with E-state index in [4.69, 9.17) is 10.5 Å². The van der Waals surface area contributed by atoms with E-state index >= 15 is 0 Å². The molecule has 0 amide bonds. The molecule has 1 unspecified atom stereocenters. The first-order valence-corrected chi connectivity index (χ1v) is 6.65. The first-order valence-electron chi connectivity index (χ1n) is 6.65. The molecule has 0 bridgehead atoms. The molecule has 0 heterocycles. The highest BCUT2D eigenvalue weighted by atomic mass is 16.5. The van der Waals surface area contributed by atoms with Crippen molar-refractivity contribution in [3.63, 3.8) is 0 Å². The van der Waals surface area contributed by atoms with Gasteiger partial charge in [-0.15, -0.1) is 0 Å². The fourth-order valence-corrected chi connectivity index (χ4v) is 2.11. The molecule has 0 aliphatic heterocycles. The van der Waals surface area contributed by atoms with Crippen LogP contribution in [-0.2, 0) is 0 Å². The van der Waals surface area contributed by atoms with Crippen LogP contribution in [-0.4, -0.2) is 0 Å². The molecular weight excluding hydrogens is 234 g/mol. The molecule has 2 nitrogen and oxygen atoms in total. The Morgan fingerprint density at radius 3 is 2.32 bits per heavy atom. The predicted octanol–water partition coefficient (Wildman–Crippen LogP) is 4.15. The van der Waals surface area contributed by atoms with Gasteiger partial charge in [0, 0.05) is 11.6 Å². The second-order valence-electron chi connectivity index (χ2n) is 5.00. The zero-order valence-electron chi connectivity index (χ0n) is 11.8. The van der Waals surface area contributed by atoms with Crippen LogP contribution in [0, 0.1) is 6.92 Å². The monoisotopic (exact) mass is 255 g/mol. The number of hydrogen-bond acceptors (Lipinski definition) is 2. The van der Waals surface area contributed by atoms with Crippen molar-refractivity contribution in [2.45, 2.75) is 32.9 Å². The highest BCUT2D eigenvalue weighted by molar-refractivity contribution is 5.39. The summed E-state index contributed by atoms with van der Waals surface area (Å²) in [6.45, 7) is 6.10.